The second-order valence-electron chi connectivity index (χ2n) is 22.2. The summed E-state index contributed by atoms with van der Waals surface area (Å²) in [4.78, 5) is 6.15. The number of nitrogens with zero attached hydrogens (tertiary/aromatic N) is 3. The number of pyridine rings is 1. The lowest BCUT2D eigenvalue weighted by Crippen LogP contribution is -2.08. The number of fused-ring (bicyclic) bond motifs is 8. The van der Waals surface area contributed by atoms with E-state index in [4.69, 9.17) is 0 Å². The van der Waals surface area contributed by atoms with Crippen LogP contribution in [0.25, 0.3) is 86.8 Å². The van der Waals surface area contributed by atoms with Gasteiger partial charge >= 0.3 is 0 Å². The van der Waals surface area contributed by atoms with E-state index in [-0.39, 0.29) is 0 Å². The Kier molecular flexibility index (Phi) is 21.0. The normalized spacial score (nSPS) is 10.4. The fourth-order valence-corrected chi connectivity index (χ4v) is 11.3. The third-order valence-corrected chi connectivity index (χ3v) is 16.0. The Balaban J connectivity index is 0.000000120. The predicted octanol–water partition coefficient (Wildman–Crippen LogP) is 23.6. The van der Waals surface area contributed by atoms with Crippen molar-refractivity contribution in [3.05, 3.63) is 368 Å². The third kappa shape index (κ3) is 15.6. The molecule has 0 spiro atoms. The molecule has 89 heavy (non-hydrogen) atoms. The molecule has 0 aliphatic heterocycles. The topological polar surface area (TPSA) is 21.1 Å². The van der Waals surface area contributed by atoms with E-state index < -0.39 is 0 Å². The SMILES string of the molecule is CN(c1ccccc1)c1ccccc1.Cc1c2ccccc2c(-c2cccc3ccccc23)c2ccccc12.Cc1ccc2ccccc2c1.Cc1cccc2ccccc12.Cc1ccccc1.Cc1ccccn1.Cn1c2ccccc2c2ccccc21. The summed E-state index contributed by atoms with van der Waals surface area (Å²) in [6, 6.07) is 116. The van der Waals surface area contributed by atoms with Crippen LogP contribution in [0.5, 0.6) is 0 Å². The number of aromatic nitrogens is 2. The van der Waals surface area contributed by atoms with Gasteiger partial charge in [0.2, 0.25) is 0 Å². The summed E-state index contributed by atoms with van der Waals surface area (Å²) in [7, 11) is 4.19. The van der Waals surface area contributed by atoms with Crippen LogP contribution in [0.1, 0.15) is 27.9 Å². The fourth-order valence-electron chi connectivity index (χ4n) is 11.3. The molecule has 0 amide bonds. The first-order chi connectivity index (χ1) is 43.6. The standard InChI is InChI=1S/C25H18.C13H11N.C13H13N.2C11H10.C7H8.C6H7N/c1-17-19-11-4-6-14-22(19)25(23-15-7-5-12-20(17)23)24-16-8-10-18-9-2-3-13-21(18)24;1-14-12-8-4-2-6-10(12)11-7-3-5-9-13(11)14;1-14(12-8-4-2-5-9-12)13-10-6-3-7-11-13;1-9-5-4-7-10-6-2-3-8-11(9)10;1-9-6-7-10-4-2-3-5-11(10)8-9;1-7-5-3-2-4-6-7;1-6-4-2-3-5-7-6/h2-16H,1H3;2-9H,1H3;2-11H,1H3;2*2-8H,1H3;2-6H,1H3;2-5H,1H3. The van der Waals surface area contributed by atoms with Crippen molar-refractivity contribution in [2.24, 2.45) is 7.05 Å². The minimum Gasteiger partial charge on any atom is -0.345 e. The molecule has 0 saturated carbocycles. The molecule has 0 saturated heterocycles. The number of para-hydroxylation sites is 4. The van der Waals surface area contributed by atoms with Crippen LogP contribution >= 0.6 is 0 Å². The molecule has 16 aromatic rings. The number of anilines is 2. The van der Waals surface area contributed by atoms with Gasteiger partial charge in [-0.3, -0.25) is 4.98 Å². The molecule has 0 atom stereocenters. The molecule has 0 aliphatic carbocycles. The Hall–Kier alpha value is -10.9. The summed E-state index contributed by atoms with van der Waals surface area (Å²) < 4.78 is 2.24. The highest BCUT2D eigenvalue weighted by molar-refractivity contribution is 6.18. The Morgan fingerprint density at radius 1 is 0.292 bits per heavy atom. The number of aryl methyl sites for hydroxylation is 6. The third-order valence-electron chi connectivity index (χ3n) is 16.0. The zero-order valence-corrected chi connectivity index (χ0v) is 52.2. The molecule has 0 radical (unpaired) electrons. The van der Waals surface area contributed by atoms with Gasteiger partial charge in [-0.05, 0) is 159 Å². The minimum absolute atomic E-state index is 1.07. The van der Waals surface area contributed by atoms with Gasteiger partial charge in [-0.25, -0.2) is 0 Å². The quantitative estimate of drug-likeness (QED) is 0.164. The second kappa shape index (κ2) is 30.5. The van der Waals surface area contributed by atoms with Gasteiger partial charge in [0.15, 0.2) is 0 Å². The lowest BCUT2D eigenvalue weighted by Gasteiger charge is -2.18. The van der Waals surface area contributed by atoms with Crippen LogP contribution in [-0.2, 0) is 7.05 Å². The first-order valence-corrected chi connectivity index (χ1v) is 30.6. The number of hydrogen-bond donors (Lipinski definition) is 0. The number of rotatable bonds is 3. The molecule has 436 valence electrons. The summed E-state index contributed by atoms with van der Waals surface area (Å²) in [5.74, 6) is 0. The van der Waals surface area contributed by atoms with Crippen molar-refractivity contribution >= 4 is 87.0 Å². The van der Waals surface area contributed by atoms with Crippen molar-refractivity contribution in [1.82, 2.24) is 9.55 Å². The van der Waals surface area contributed by atoms with Crippen LogP contribution in [0, 0.1) is 34.6 Å². The maximum Gasteiger partial charge on any atom is 0.0488 e. The maximum absolute atomic E-state index is 3.98. The maximum atomic E-state index is 3.98. The molecule has 2 aromatic heterocycles. The highest BCUT2D eigenvalue weighted by Crippen LogP contribution is 2.41. The number of hydrogen-bond acceptors (Lipinski definition) is 2. The molecule has 0 unspecified atom stereocenters. The van der Waals surface area contributed by atoms with Crippen molar-refractivity contribution < 1.29 is 0 Å². The monoisotopic (exact) mass is 1150 g/mol. The Morgan fingerprint density at radius 3 is 1.18 bits per heavy atom. The second-order valence-corrected chi connectivity index (χ2v) is 22.2. The van der Waals surface area contributed by atoms with Crippen LogP contribution in [0.2, 0.25) is 0 Å². The average molecular weight is 1150 g/mol. The fraction of sp³-hybridized carbons (Fsp3) is 0.0814. The van der Waals surface area contributed by atoms with Gasteiger partial charge in [0.25, 0.3) is 0 Å². The molecule has 2 heterocycles. The van der Waals surface area contributed by atoms with Gasteiger partial charge in [-0.2, -0.15) is 0 Å². The number of benzene rings is 14. The summed E-state index contributed by atoms with van der Waals surface area (Å²) in [6.45, 7) is 10.5. The minimum atomic E-state index is 1.07. The predicted molar refractivity (Wildman–Crippen MR) is 388 cm³/mol. The molecule has 3 heteroatoms. The summed E-state index contributed by atoms with van der Waals surface area (Å²) in [6.07, 6.45) is 1.79. The van der Waals surface area contributed by atoms with E-state index in [0.29, 0.717) is 0 Å². The van der Waals surface area contributed by atoms with E-state index in [9.17, 15) is 0 Å². The summed E-state index contributed by atoms with van der Waals surface area (Å²) >= 11 is 0. The van der Waals surface area contributed by atoms with Crippen molar-refractivity contribution in [3.63, 3.8) is 0 Å². The molecule has 14 aromatic carbocycles. The van der Waals surface area contributed by atoms with E-state index in [1.54, 1.807) is 6.20 Å². The van der Waals surface area contributed by atoms with Crippen molar-refractivity contribution in [3.8, 4) is 11.1 Å². The highest BCUT2D eigenvalue weighted by Gasteiger charge is 2.15. The van der Waals surface area contributed by atoms with Crippen LogP contribution in [-0.4, -0.2) is 16.6 Å². The lowest BCUT2D eigenvalue weighted by atomic mass is 9.87. The van der Waals surface area contributed by atoms with Gasteiger partial charge in [-0.1, -0.05) is 296 Å². The van der Waals surface area contributed by atoms with Crippen molar-refractivity contribution in [2.75, 3.05) is 11.9 Å². The summed E-state index contributed by atoms with van der Waals surface area (Å²) in [5, 5.41) is 15.9. The molecule has 0 bridgehead atoms. The lowest BCUT2D eigenvalue weighted by molar-refractivity contribution is 1.01. The van der Waals surface area contributed by atoms with E-state index in [1.807, 2.05) is 55.5 Å². The van der Waals surface area contributed by atoms with Crippen LogP contribution in [0.15, 0.2) is 340 Å². The van der Waals surface area contributed by atoms with Crippen LogP contribution < -0.4 is 4.90 Å². The van der Waals surface area contributed by atoms with Crippen molar-refractivity contribution in [2.45, 2.75) is 34.6 Å². The molecular formula is C86H77N3. The van der Waals surface area contributed by atoms with Crippen LogP contribution in [0.3, 0.4) is 0 Å². The van der Waals surface area contributed by atoms with E-state index in [0.717, 1.165) is 5.69 Å². The zero-order chi connectivity index (χ0) is 61.7. The molecule has 0 fully saturated rings. The first-order valence-electron chi connectivity index (χ1n) is 30.6. The largest absolute Gasteiger partial charge is 0.345 e. The first kappa shape index (κ1) is 61.2. The molecule has 16 rings (SSSR count). The van der Waals surface area contributed by atoms with E-state index in [1.165, 1.54) is 120 Å². The van der Waals surface area contributed by atoms with Gasteiger partial charge in [0.05, 0.1) is 0 Å². The average Bonchev–Trinajstić information content (AvgIpc) is 1.14. The van der Waals surface area contributed by atoms with Gasteiger partial charge in [0, 0.05) is 59.2 Å². The Bertz CT molecular complexity index is 4660. The van der Waals surface area contributed by atoms with Gasteiger partial charge in [-0.15, -0.1) is 0 Å². The van der Waals surface area contributed by atoms with E-state index in [2.05, 4.69) is 341 Å². The molecule has 0 N–H and O–H groups in total. The molecule has 0 aliphatic rings. The highest BCUT2D eigenvalue weighted by atomic mass is 15.1. The zero-order valence-electron chi connectivity index (χ0n) is 52.2. The Morgan fingerprint density at radius 2 is 0.697 bits per heavy atom. The van der Waals surface area contributed by atoms with Gasteiger partial charge < -0.3 is 9.47 Å². The molecular weight excluding hydrogens is 1070 g/mol. The summed E-state index contributed by atoms with van der Waals surface area (Å²) in [5.41, 5.74) is 14.1. The van der Waals surface area contributed by atoms with E-state index >= 15 is 0 Å². The van der Waals surface area contributed by atoms with Crippen molar-refractivity contribution in [1.29, 1.82) is 0 Å². The Labute approximate surface area is 526 Å². The smallest absolute Gasteiger partial charge is 0.0488 e. The van der Waals surface area contributed by atoms with Gasteiger partial charge in [0.1, 0.15) is 0 Å². The molecule has 3 nitrogen and oxygen atoms in total. The van der Waals surface area contributed by atoms with Crippen LogP contribution in [0.4, 0.5) is 11.4 Å².